The fraction of sp³-hybridized carbons (Fsp3) is 0.118. The van der Waals surface area contributed by atoms with E-state index < -0.39 is 0 Å². The predicted molar refractivity (Wildman–Crippen MR) is 167 cm³/mol. The molecule has 0 N–H and O–H groups in total. The van der Waals surface area contributed by atoms with Crippen LogP contribution in [0.4, 0.5) is 0 Å². The van der Waals surface area contributed by atoms with Crippen LogP contribution in [0, 0.1) is 13.8 Å². The summed E-state index contributed by atoms with van der Waals surface area (Å²) in [6.07, 6.45) is 0. The molecule has 0 aromatic heterocycles. The van der Waals surface area contributed by atoms with E-state index in [1.807, 2.05) is 36.4 Å². The molecule has 6 heteroatoms. The zero-order valence-electron chi connectivity index (χ0n) is 22.9. The monoisotopic (exact) mass is 696 g/mol. The molecule has 0 bridgehead atoms. The number of aryl methyl sites for hydroxylation is 2. The van der Waals surface area contributed by atoms with Gasteiger partial charge in [0, 0.05) is 10.0 Å². The molecule has 40 heavy (non-hydrogen) atoms. The van der Waals surface area contributed by atoms with Crippen LogP contribution >= 0.6 is 23.2 Å². The smallest absolute Gasteiger partial charge is 0.0411 e. The van der Waals surface area contributed by atoms with Crippen molar-refractivity contribution in [3.8, 4) is 22.3 Å². The molecular formula is C34H30Cl4SiZr-2. The molecule has 0 radical (unpaired) electrons. The van der Waals surface area contributed by atoms with Crippen molar-refractivity contribution in [1.29, 1.82) is 0 Å². The van der Waals surface area contributed by atoms with Gasteiger partial charge in [0.15, 0.2) is 0 Å². The first-order valence-corrected chi connectivity index (χ1v) is 19.5. The van der Waals surface area contributed by atoms with E-state index in [4.69, 9.17) is 23.2 Å². The van der Waals surface area contributed by atoms with Crippen LogP contribution in [0.1, 0.15) is 11.1 Å². The zero-order chi connectivity index (χ0) is 27.2. The molecule has 0 spiro atoms. The van der Waals surface area contributed by atoms with Gasteiger partial charge in [-0.2, -0.15) is 12.1 Å². The molecule has 0 aliphatic rings. The normalized spacial score (nSPS) is 10.0. The first-order chi connectivity index (χ1) is 18.2. The SMILES string of the molecule is C[Si](C)=[Zr+2].Cc1cc2c(-c3cccc(Cl)c3)cccc2[cH-]1.Cc1cc2c(-c3cccc(Cl)c3)cccc2[cH-]1.[Cl-].[Cl-]. The molecule has 6 aromatic carbocycles. The summed E-state index contributed by atoms with van der Waals surface area (Å²) in [6, 6.07) is 37.7. The third-order valence-electron chi connectivity index (χ3n) is 6.06. The van der Waals surface area contributed by atoms with Crippen LogP contribution < -0.4 is 24.8 Å². The van der Waals surface area contributed by atoms with Gasteiger partial charge in [-0.3, -0.25) is 0 Å². The third-order valence-corrected chi connectivity index (χ3v) is 6.53. The summed E-state index contributed by atoms with van der Waals surface area (Å²) in [5.74, 6) is 0. The average molecular weight is 700 g/mol. The van der Waals surface area contributed by atoms with E-state index in [0.29, 0.717) is 0 Å². The average Bonchev–Trinajstić information content (AvgIpc) is 3.44. The zero-order valence-corrected chi connectivity index (χ0v) is 29.4. The number of hydrogen-bond acceptors (Lipinski definition) is 0. The Balaban J connectivity index is 0.000000237. The van der Waals surface area contributed by atoms with E-state index in [0.717, 1.165) is 10.0 Å². The quantitative estimate of drug-likeness (QED) is 0.173. The molecule has 6 rings (SSSR count). The van der Waals surface area contributed by atoms with E-state index in [1.54, 1.807) is 23.3 Å². The fourth-order valence-corrected chi connectivity index (χ4v) is 4.97. The summed E-state index contributed by atoms with van der Waals surface area (Å²) in [5, 5.41) is 6.74. The topological polar surface area (TPSA) is 0 Å². The van der Waals surface area contributed by atoms with Gasteiger partial charge in [0.25, 0.3) is 0 Å². The molecule has 0 amide bonds. The summed E-state index contributed by atoms with van der Waals surface area (Å²) in [7, 11) is 0. The summed E-state index contributed by atoms with van der Waals surface area (Å²) in [4.78, 5) is 0. The Morgan fingerprint density at radius 3 is 1.27 bits per heavy atom. The molecule has 0 saturated heterocycles. The van der Waals surface area contributed by atoms with Gasteiger partial charge in [0.05, 0.1) is 0 Å². The van der Waals surface area contributed by atoms with E-state index in [-0.39, 0.29) is 30.2 Å². The molecular weight excluding hydrogens is 669 g/mol. The summed E-state index contributed by atoms with van der Waals surface area (Å²) in [6.45, 7) is 8.87. The van der Waals surface area contributed by atoms with E-state index in [9.17, 15) is 0 Å². The van der Waals surface area contributed by atoms with Gasteiger partial charge in [-0.25, -0.2) is 0 Å². The molecule has 0 aliphatic heterocycles. The summed E-state index contributed by atoms with van der Waals surface area (Å²) < 4.78 is 0. The van der Waals surface area contributed by atoms with Crippen LogP contribution in [-0.4, -0.2) is 5.43 Å². The second kappa shape index (κ2) is 16.1. The van der Waals surface area contributed by atoms with Crippen LogP contribution in [-0.2, 0) is 23.3 Å². The van der Waals surface area contributed by atoms with E-state index in [2.05, 4.69) is 99.7 Å². The Kier molecular flexibility index (Phi) is 13.9. The molecule has 0 aliphatic carbocycles. The van der Waals surface area contributed by atoms with Gasteiger partial charge in [-0.15, -0.1) is 69.1 Å². The van der Waals surface area contributed by atoms with Crippen molar-refractivity contribution in [2.75, 3.05) is 0 Å². The molecule has 204 valence electrons. The Labute approximate surface area is 275 Å². The van der Waals surface area contributed by atoms with Gasteiger partial charge in [-0.1, -0.05) is 84.6 Å². The number of benzene rings is 4. The summed E-state index contributed by atoms with van der Waals surface area (Å²) in [5.41, 5.74) is 7.66. The third kappa shape index (κ3) is 9.18. The molecule has 6 aromatic rings. The van der Waals surface area contributed by atoms with Crippen molar-refractivity contribution >= 4 is 50.2 Å². The van der Waals surface area contributed by atoms with Gasteiger partial charge in [-0.05, 0) is 35.4 Å². The maximum absolute atomic E-state index is 6.05. The van der Waals surface area contributed by atoms with Crippen molar-refractivity contribution < 1.29 is 48.1 Å². The van der Waals surface area contributed by atoms with Crippen molar-refractivity contribution in [1.82, 2.24) is 0 Å². The van der Waals surface area contributed by atoms with Gasteiger partial charge >= 0.3 is 41.9 Å². The first kappa shape index (κ1) is 34.6. The van der Waals surface area contributed by atoms with Crippen molar-refractivity contribution in [2.24, 2.45) is 0 Å². The second-order valence-corrected chi connectivity index (χ2v) is 20.0. The Morgan fingerprint density at radius 1 is 0.575 bits per heavy atom. The number of halogens is 4. The number of hydrogen-bond donors (Lipinski definition) is 0. The molecule has 0 atom stereocenters. The second-order valence-electron chi connectivity index (χ2n) is 9.70. The molecule has 0 unspecified atom stereocenters. The Bertz CT molecular complexity index is 1590. The Morgan fingerprint density at radius 2 is 0.925 bits per heavy atom. The number of rotatable bonds is 2. The van der Waals surface area contributed by atoms with Crippen molar-refractivity contribution in [3.05, 3.63) is 130 Å². The summed E-state index contributed by atoms with van der Waals surface area (Å²) >= 11 is 13.8. The molecule has 0 nitrogen and oxygen atoms in total. The Hall–Kier alpha value is -1.64. The first-order valence-electron chi connectivity index (χ1n) is 12.6. The minimum Gasteiger partial charge on any atom is -1.00 e. The maximum Gasteiger partial charge on any atom is 0.0411 e. The minimum atomic E-state index is 0. The van der Waals surface area contributed by atoms with Gasteiger partial charge in [0.1, 0.15) is 0 Å². The molecule has 0 saturated carbocycles. The predicted octanol–water partition coefficient (Wildman–Crippen LogP) is 5.17. The largest absolute Gasteiger partial charge is 1.00 e. The van der Waals surface area contributed by atoms with Crippen molar-refractivity contribution in [2.45, 2.75) is 26.9 Å². The van der Waals surface area contributed by atoms with Crippen molar-refractivity contribution in [3.63, 3.8) is 0 Å². The standard InChI is InChI=1S/2C16H12Cl.C2H6Si.2ClH.Zr/c2*1-11-8-12-5-3-7-15(16(12)9-11)13-4-2-6-14(17)10-13;1-3-2;;;/h2*2-10H,1H3;1-2H3;2*1H;/q2*-1;;;;+2/p-2. The number of fused-ring (bicyclic) bond motifs is 2. The van der Waals surface area contributed by atoms with Gasteiger partial charge in [0.2, 0.25) is 0 Å². The van der Waals surface area contributed by atoms with Crippen LogP contribution in [0.25, 0.3) is 43.8 Å². The van der Waals surface area contributed by atoms with Crippen LogP contribution in [0.5, 0.6) is 0 Å². The molecule has 0 heterocycles. The van der Waals surface area contributed by atoms with Crippen LogP contribution in [0.2, 0.25) is 23.1 Å². The van der Waals surface area contributed by atoms with Gasteiger partial charge < -0.3 is 24.8 Å². The fourth-order valence-electron chi connectivity index (χ4n) is 4.58. The van der Waals surface area contributed by atoms with Crippen LogP contribution in [0.15, 0.2) is 109 Å². The van der Waals surface area contributed by atoms with Crippen LogP contribution in [0.3, 0.4) is 0 Å². The molecule has 0 fully saturated rings. The van der Waals surface area contributed by atoms with E-state index >= 15 is 0 Å². The van der Waals surface area contributed by atoms with E-state index in [1.165, 1.54) is 54.9 Å². The maximum atomic E-state index is 6.05. The minimum absolute atomic E-state index is 0.